The normalized spacial score (nSPS) is 23.1. The van der Waals surface area contributed by atoms with E-state index < -0.39 is 11.9 Å². The largest absolute Gasteiger partial charge is 0.433 e. The number of aromatic amines is 1. The van der Waals surface area contributed by atoms with Gasteiger partial charge in [-0.3, -0.25) is 5.10 Å². The van der Waals surface area contributed by atoms with Gasteiger partial charge in [0.15, 0.2) is 0 Å². The highest BCUT2D eigenvalue weighted by Gasteiger charge is 2.33. The van der Waals surface area contributed by atoms with Gasteiger partial charge >= 0.3 is 6.18 Å². The summed E-state index contributed by atoms with van der Waals surface area (Å²) in [6.07, 6.45) is -0.203. The van der Waals surface area contributed by atoms with Crippen molar-refractivity contribution in [3.8, 4) is 11.4 Å². The topological polar surface area (TPSA) is 88.6 Å². The van der Waals surface area contributed by atoms with Gasteiger partial charge in [0.1, 0.15) is 23.5 Å². The fourth-order valence-electron chi connectivity index (χ4n) is 3.62. The van der Waals surface area contributed by atoms with Crippen LogP contribution in [0.25, 0.3) is 22.3 Å². The van der Waals surface area contributed by atoms with Crippen molar-refractivity contribution < 1.29 is 17.9 Å². The second-order valence-corrected chi connectivity index (χ2v) is 7.01. The van der Waals surface area contributed by atoms with Crippen LogP contribution in [-0.4, -0.2) is 43.4 Å². The SMILES string of the molecule is C[C@@H]1CC(Nc2nccc3[nH]nc(-c4cc(C(F)(F)F)ncn4)c23)C[C@H](C)O1. The number of ether oxygens (including phenoxy) is 1. The van der Waals surface area contributed by atoms with Crippen molar-refractivity contribution in [3.05, 3.63) is 30.4 Å². The van der Waals surface area contributed by atoms with E-state index >= 15 is 0 Å². The summed E-state index contributed by atoms with van der Waals surface area (Å²) in [6.45, 7) is 4.03. The molecule has 1 aliphatic rings. The first kappa shape index (κ1) is 18.6. The first-order chi connectivity index (χ1) is 13.3. The van der Waals surface area contributed by atoms with Gasteiger partial charge in [0, 0.05) is 12.2 Å². The average molecular weight is 392 g/mol. The number of nitrogens with one attached hydrogen (secondary N) is 2. The van der Waals surface area contributed by atoms with Crippen LogP contribution in [-0.2, 0) is 10.9 Å². The van der Waals surface area contributed by atoms with Crippen molar-refractivity contribution in [3.63, 3.8) is 0 Å². The standard InChI is InChI=1S/C18H19F3N6O/c1-9-5-11(6-10(2)28-9)25-17-15-12(3-4-22-17)26-27-16(15)13-7-14(18(19,20)21)24-8-23-13/h3-4,7-11H,5-6H2,1-2H3,(H,22,25)(H,26,27)/t9-,10+,11?. The Bertz CT molecular complexity index is 979. The van der Waals surface area contributed by atoms with Crippen LogP contribution in [0.5, 0.6) is 0 Å². The fraction of sp³-hybridized carbons (Fsp3) is 0.444. The van der Waals surface area contributed by atoms with E-state index in [0.717, 1.165) is 25.2 Å². The predicted molar refractivity (Wildman–Crippen MR) is 96.6 cm³/mol. The minimum Gasteiger partial charge on any atom is -0.375 e. The number of aromatic nitrogens is 5. The number of hydrogen-bond acceptors (Lipinski definition) is 6. The van der Waals surface area contributed by atoms with E-state index in [0.29, 0.717) is 22.4 Å². The lowest BCUT2D eigenvalue weighted by Gasteiger charge is -2.32. The number of fused-ring (bicyclic) bond motifs is 1. The molecule has 2 N–H and O–H groups in total. The highest BCUT2D eigenvalue weighted by atomic mass is 19.4. The van der Waals surface area contributed by atoms with Crippen LogP contribution in [0.1, 0.15) is 32.4 Å². The van der Waals surface area contributed by atoms with Gasteiger partial charge in [0.25, 0.3) is 0 Å². The van der Waals surface area contributed by atoms with Crippen molar-refractivity contribution in [1.29, 1.82) is 0 Å². The van der Waals surface area contributed by atoms with Crippen molar-refractivity contribution >= 4 is 16.7 Å². The molecule has 0 aliphatic carbocycles. The monoisotopic (exact) mass is 392 g/mol. The first-order valence-electron chi connectivity index (χ1n) is 8.96. The Hall–Kier alpha value is -2.75. The molecule has 7 nitrogen and oxygen atoms in total. The molecular weight excluding hydrogens is 373 g/mol. The number of anilines is 1. The molecule has 4 rings (SSSR count). The molecule has 1 saturated heterocycles. The van der Waals surface area contributed by atoms with Crippen LogP contribution < -0.4 is 5.32 Å². The Labute approximate surface area is 158 Å². The van der Waals surface area contributed by atoms with Crippen molar-refractivity contribution in [1.82, 2.24) is 25.1 Å². The van der Waals surface area contributed by atoms with Crippen molar-refractivity contribution in [2.75, 3.05) is 5.32 Å². The maximum absolute atomic E-state index is 13.0. The van der Waals surface area contributed by atoms with Gasteiger partial charge < -0.3 is 10.1 Å². The third-order valence-corrected chi connectivity index (χ3v) is 4.71. The minimum absolute atomic E-state index is 0.0818. The Morgan fingerprint density at radius 2 is 1.89 bits per heavy atom. The lowest BCUT2D eigenvalue weighted by atomic mass is 9.99. The maximum atomic E-state index is 13.0. The lowest BCUT2D eigenvalue weighted by molar-refractivity contribution is -0.141. The van der Waals surface area contributed by atoms with Crippen LogP contribution in [0.15, 0.2) is 24.7 Å². The Morgan fingerprint density at radius 1 is 1.14 bits per heavy atom. The first-order valence-corrected chi connectivity index (χ1v) is 8.96. The van der Waals surface area contributed by atoms with Crippen LogP contribution in [0.2, 0.25) is 0 Å². The van der Waals surface area contributed by atoms with E-state index in [1.54, 1.807) is 12.3 Å². The third-order valence-electron chi connectivity index (χ3n) is 4.71. The van der Waals surface area contributed by atoms with Gasteiger partial charge in [0.2, 0.25) is 0 Å². The predicted octanol–water partition coefficient (Wildman–Crippen LogP) is 3.80. The Balaban J connectivity index is 1.74. The molecular formula is C18H19F3N6O. The zero-order valence-electron chi connectivity index (χ0n) is 15.3. The van der Waals surface area contributed by atoms with Crippen LogP contribution in [0.4, 0.5) is 19.0 Å². The second kappa shape index (κ2) is 7.01. The zero-order valence-corrected chi connectivity index (χ0v) is 15.3. The molecule has 3 aromatic rings. The molecule has 0 bridgehead atoms. The fourth-order valence-corrected chi connectivity index (χ4v) is 3.62. The molecule has 4 heterocycles. The smallest absolute Gasteiger partial charge is 0.375 e. The van der Waals surface area contributed by atoms with E-state index in [2.05, 4.69) is 30.5 Å². The summed E-state index contributed by atoms with van der Waals surface area (Å²) in [5.41, 5.74) is 0.0250. The number of hydrogen-bond donors (Lipinski definition) is 2. The molecule has 0 spiro atoms. The molecule has 148 valence electrons. The van der Waals surface area contributed by atoms with Gasteiger partial charge in [0.05, 0.1) is 28.8 Å². The number of nitrogens with zero attached hydrogens (tertiary/aromatic N) is 4. The molecule has 1 aliphatic heterocycles. The van der Waals surface area contributed by atoms with Gasteiger partial charge in [-0.15, -0.1) is 0 Å². The van der Waals surface area contributed by atoms with E-state index in [1.165, 1.54) is 0 Å². The zero-order chi connectivity index (χ0) is 19.9. The van der Waals surface area contributed by atoms with Crippen molar-refractivity contribution in [2.24, 2.45) is 0 Å². The molecule has 1 unspecified atom stereocenters. The van der Waals surface area contributed by atoms with Crippen LogP contribution >= 0.6 is 0 Å². The number of halogens is 3. The molecule has 3 aromatic heterocycles. The van der Waals surface area contributed by atoms with E-state index in [-0.39, 0.29) is 23.9 Å². The Morgan fingerprint density at radius 3 is 2.61 bits per heavy atom. The molecule has 1 fully saturated rings. The van der Waals surface area contributed by atoms with Gasteiger partial charge in [-0.1, -0.05) is 0 Å². The average Bonchev–Trinajstić information content (AvgIpc) is 3.05. The highest BCUT2D eigenvalue weighted by molar-refractivity contribution is 5.99. The third kappa shape index (κ3) is 3.64. The summed E-state index contributed by atoms with van der Waals surface area (Å²) in [4.78, 5) is 11.7. The number of H-pyrrole nitrogens is 1. The minimum atomic E-state index is -4.56. The second-order valence-electron chi connectivity index (χ2n) is 7.01. The summed E-state index contributed by atoms with van der Waals surface area (Å²) >= 11 is 0. The number of pyridine rings is 1. The number of alkyl halides is 3. The van der Waals surface area contributed by atoms with Gasteiger partial charge in [-0.2, -0.15) is 18.3 Å². The molecule has 0 radical (unpaired) electrons. The van der Waals surface area contributed by atoms with Gasteiger partial charge in [-0.25, -0.2) is 15.0 Å². The molecule has 0 aromatic carbocycles. The van der Waals surface area contributed by atoms with Crippen LogP contribution in [0, 0.1) is 0 Å². The summed E-state index contributed by atoms with van der Waals surface area (Å²) in [6, 6.07) is 2.75. The van der Waals surface area contributed by atoms with Gasteiger partial charge in [-0.05, 0) is 38.8 Å². The summed E-state index contributed by atoms with van der Waals surface area (Å²) in [7, 11) is 0. The highest BCUT2D eigenvalue weighted by Crippen LogP contribution is 2.34. The molecule has 0 amide bonds. The Kier molecular flexibility index (Phi) is 4.66. The molecule has 3 atom stereocenters. The van der Waals surface area contributed by atoms with E-state index in [9.17, 15) is 13.2 Å². The molecule has 0 saturated carbocycles. The van der Waals surface area contributed by atoms with Crippen molar-refractivity contribution in [2.45, 2.75) is 51.1 Å². The van der Waals surface area contributed by atoms with Crippen LogP contribution in [0.3, 0.4) is 0 Å². The van der Waals surface area contributed by atoms with E-state index in [4.69, 9.17) is 4.74 Å². The quantitative estimate of drug-likeness (QED) is 0.705. The molecule has 10 heteroatoms. The summed E-state index contributed by atoms with van der Waals surface area (Å²) < 4.78 is 44.9. The lowest BCUT2D eigenvalue weighted by Crippen LogP contribution is -2.37. The molecule has 28 heavy (non-hydrogen) atoms. The summed E-state index contributed by atoms with van der Waals surface area (Å²) in [5, 5.41) is 11.0. The number of rotatable bonds is 3. The van der Waals surface area contributed by atoms with E-state index in [1.807, 2.05) is 13.8 Å². The summed E-state index contributed by atoms with van der Waals surface area (Å²) in [5.74, 6) is 0.555. The maximum Gasteiger partial charge on any atom is 0.433 e.